The first-order valence-corrected chi connectivity index (χ1v) is 20.7. The fraction of sp³-hybridized carbons (Fsp3) is 0.465. The molecule has 300 valence electrons. The molecule has 12 rings (SSSR count). The van der Waals surface area contributed by atoms with Crippen LogP contribution in [-0.2, 0) is 31.8 Å². The van der Waals surface area contributed by atoms with E-state index in [1.807, 2.05) is 32.0 Å². The molecule has 0 aliphatic carbocycles. The van der Waals surface area contributed by atoms with Crippen molar-refractivity contribution in [2.24, 2.45) is 0 Å². The second kappa shape index (κ2) is 12.2. The Labute approximate surface area is 338 Å². The third-order valence-electron chi connectivity index (χ3n) is 13.9. The van der Waals surface area contributed by atoms with Gasteiger partial charge in [0.2, 0.25) is 6.79 Å². The molecule has 1 aromatic heterocycles. The molecule has 0 amide bonds. The maximum Gasteiger partial charge on any atom is 0.335 e. The Morgan fingerprint density at radius 1 is 1.09 bits per heavy atom. The highest BCUT2D eigenvalue weighted by Crippen LogP contribution is 2.71. The molecule has 0 radical (unpaired) electrons. The molecule has 8 aliphatic rings. The van der Waals surface area contributed by atoms with Gasteiger partial charge < -0.3 is 37.9 Å². The van der Waals surface area contributed by atoms with Gasteiger partial charge in [-0.3, -0.25) is 19.9 Å². The first kappa shape index (κ1) is 36.0. The van der Waals surface area contributed by atoms with Crippen LogP contribution in [0.5, 0.6) is 34.5 Å². The summed E-state index contributed by atoms with van der Waals surface area (Å²) < 4.78 is 43.1. The fourth-order valence-electron chi connectivity index (χ4n) is 11.6. The zero-order valence-corrected chi connectivity index (χ0v) is 33.7. The molecule has 3 saturated heterocycles. The molecule has 15 heteroatoms. The summed E-state index contributed by atoms with van der Waals surface area (Å²) in [6.07, 6.45) is 1.30. The van der Waals surface area contributed by atoms with E-state index in [2.05, 4.69) is 34.2 Å². The number of nitrogens with zero attached hydrogens (tertiary/aromatic N) is 3. The van der Waals surface area contributed by atoms with Crippen molar-refractivity contribution in [3.63, 3.8) is 0 Å². The first-order valence-electron chi connectivity index (χ1n) is 19.6. The molecule has 14 nitrogen and oxygen atoms in total. The van der Waals surface area contributed by atoms with Gasteiger partial charge in [-0.1, -0.05) is 0 Å². The molecule has 58 heavy (non-hydrogen) atoms. The number of piperazine rings is 1. The molecule has 9 heterocycles. The van der Waals surface area contributed by atoms with Crippen LogP contribution in [0.1, 0.15) is 82.3 Å². The lowest BCUT2D eigenvalue weighted by Crippen LogP contribution is -2.75. The lowest BCUT2D eigenvalue weighted by atomic mass is 9.70. The summed E-state index contributed by atoms with van der Waals surface area (Å²) in [6, 6.07) is 7.91. The van der Waals surface area contributed by atoms with Gasteiger partial charge in [0.15, 0.2) is 28.5 Å². The van der Waals surface area contributed by atoms with Gasteiger partial charge >= 0.3 is 11.9 Å². The van der Waals surface area contributed by atoms with Crippen LogP contribution in [0, 0.1) is 25.2 Å². The monoisotopic (exact) mass is 806 g/mol. The summed E-state index contributed by atoms with van der Waals surface area (Å²) in [4.78, 5) is 32.6. The van der Waals surface area contributed by atoms with E-state index in [1.165, 1.54) is 18.7 Å². The molecular weight excluding hydrogens is 765 g/mol. The number of aryl methyl sites for hydroxylation is 1. The Balaban J connectivity index is 1.18. The summed E-state index contributed by atoms with van der Waals surface area (Å²) in [7, 11) is 3.18. The van der Waals surface area contributed by atoms with Crippen molar-refractivity contribution >= 4 is 34.7 Å². The average molecular weight is 807 g/mol. The number of methoxy groups -OCH3 is 2. The Morgan fingerprint density at radius 3 is 2.66 bits per heavy atom. The van der Waals surface area contributed by atoms with E-state index in [0.29, 0.717) is 70.6 Å². The summed E-state index contributed by atoms with van der Waals surface area (Å²) in [5.41, 5.74) is 4.26. The predicted octanol–water partition coefficient (Wildman–Crippen LogP) is 5.47. The smallest absolute Gasteiger partial charge is 0.335 e. The number of carbonyl (C=O) groups is 2. The summed E-state index contributed by atoms with van der Waals surface area (Å²) in [6.45, 7) is 7.62. The second-order valence-electron chi connectivity index (χ2n) is 16.6. The second-order valence-corrected chi connectivity index (χ2v) is 17.7. The number of thioether (sulfide) groups is 1. The van der Waals surface area contributed by atoms with Gasteiger partial charge in [0, 0.05) is 70.0 Å². The Hall–Kier alpha value is -5.14. The van der Waals surface area contributed by atoms with E-state index >= 15 is 0 Å². The lowest BCUT2D eigenvalue weighted by Gasteiger charge is -2.66. The third-order valence-corrected chi connectivity index (χ3v) is 15.3. The highest BCUT2D eigenvalue weighted by Gasteiger charge is 2.71. The lowest BCUT2D eigenvalue weighted by molar-refractivity contribution is -0.187. The molecule has 8 aliphatic heterocycles. The third kappa shape index (κ3) is 4.33. The molecule has 1 unspecified atom stereocenters. The van der Waals surface area contributed by atoms with Crippen LogP contribution in [-0.4, -0.2) is 84.9 Å². The molecule has 3 aromatic carbocycles. The van der Waals surface area contributed by atoms with Crippen molar-refractivity contribution in [1.82, 2.24) is 15.1 Å². The number of nitrogens with one attached hydrogen (secondary N) is 1. The molecule has 1 spiro atoms. The molecular formula is C43H42N4O10S. The van der Waals surface area contributed by atoms with E-state index in [9.17, 15) is 20.0 Å². The number of furan rings is 1. The van der Waals surface area contributed by atoms with E-state index in [-0.39, 0.29) is 30.9 Å². The number of aromatic hydroxyl groups is 1. The van der Waals surface area contributed by atoms with E-state index in [1.54, 1.807) is 14.2 Å². The zero-order valence-electron chi connectivity index (χ0n) is 32.9. The van der Waals surface area contributed by atoms with Crippen molar-refractivity contribution in [3.05, 3.63) is 69.0 Å². The number of phenols is 1. The molecule has 8 atom stereocenters. The molecule has 4 aromatic rings. The minimum absolute atomic E-state index is 0.0496. The topological polar surface area (TPSA) is 165 Å². The number of nitriles is 1. The summed E-state index contributed by atoms with van der Waals surface area (Å²) in [5, 5.41) is 27.3. The van der Waals surface area contributed by atoms with Crippen LogP contribution < -0.4 is 29.0 Å². The van der Waals surface area contributed by atoms with E-state index < -0.39 is 52.4 Å². The van der Waals surface area contributed by atoms with Crippen LogP contribution >= 0.6 is 11.8 Å². The van der Waals surface area contributed by atoms with Crippen molar-refractivity contribution in [2.45, 2.75) is 87.1 Å². The van der Waals surface area contributed by atoms with Gasteiger partial charge in [0.25, 0.3) is 0 Å². The van der Waals surface area contributed by atoms with Crippen LogP contribution in [0.3, 0.4) is 0 Å². The standard InChI is InChI=1S/C43H42N4O10S/c1-18-11-24-29(34(49)35(18)52-6)32-33-39-31-30(38-37(54-17-55-38)19(2)36(31)56-20(3)48)27(46(33)26(14-44)25-13-42(24,4)47(25)32)15-53-41(50)43(16-58-39)40-22(9-10-45-43)23-12-21(51-5)7-8-28(23)57-40/h7-8,11-12,25-27,32-33,39,45,49H,9-10,13,15-17H2,1-6H3/t25-,26+,27+,32-,33?,39-,42-,43-/m1/s1. The number of fused-ring (bicyclic) bond motifs is 10. The largest absolute Gasteiger partial charge is 0.504 e. The van der Waals surface area contributed by atoms with Gasteiger partial charge in [0.1, 0.15) is 35.5 Å². The number of esters is 2. The van der Waals surface area contributed by atoms with E-state index in [4.69, 9.17) is 32.8 Å². The molecule has 2 bridgehead atoms. The summed E-state index contributed by atoms with van der Waals surface area (Å²) >= 11 is 1.52. The van der Waals surface area contributed by atoms with E-state index in [0.717, 1.165) is 33.2 Å². The van der Waals surface area contributed by atoms with Gasteiger partial charge in [-0.05, 0) is 69.0 Å². The first-order chi connectivity index (χ1) is 28.0. The van der Waals surface area contributed by atoms with Crippen LogP contribution in [0.25, 0.3) is 11.0 Å². The Kier molecular flexibility index (Phi) is 7.57. The molecule has 0 saturated carbocycles. The van der Waals surface area contributed by atoms with Gasteiger partial charge in [0.05, 0.1) is 37.6 Å². The summed E-state index contributed by atoms with van der Waals surface area (Å²) in [5.74, 6) is 2.10. The fourth-order valence-corrected chi connectivity index (χ4v) is 13.3. The maximum absolute atomic E-state index is 14.9. The number of ether oxygens (including phenoxy) is 6. The number of carbonyl (C=O) groups excluding carboxylic acids is 2. The number of rotatable bonds is 3. The number of benzene rings is 3. The highest BCUT2D eigenvalue weighted by molar-refractivity contribution is 7.99. The molecule has 3 fully saturated rings. The minimum Gasteiger partial charge on any atom is -0.504 e. The minimum atomic E-state index is -1.40. The maximum atomic E-state index is 14.9. The van der Waals surface area contributed by atoms with Gasteiger partial charge in [-0.15, -0.1) is 11.8 Å². The van der Waals surface area contributed by atoms with Crippen molar-refractivity contribution in [3.8, 4) is 40.6 Å². The van der Waals surface area contributed by atoms with Crippen molar-refractivity contribution in [1.29, 1.82) is 5.26 Å². The predicted molar refractivity (Wildman–Crippen MR) is 208 cm³/mol. The van der Waals surface area contributed by atoms with Crippen molar-refractivity contribution in [2.75, 3.05) is 39.9 Å². The van der Waals surface area contributed by atoms with Gasteiger partial charge in [-0.25, -0.2) is 4.79 Å². The van der Waals surface area contributed by atoms with Crippen LogP contribution in [0.15, 0.2) is 28.7 Å². The zero-order chi connectivity index (χ0) is 40.2. The van der Waals surface area contributed by atoms with Gasteiger partial charge in [-0.2, -0.15) is 5.26 Å². The number of phenolic OH excluding ortho intramolecular Hbond substituents is 1. The average Bonchev–Trinajstić information content (AvgIpc) is 3.90. The number of hydrogen-bond donors (Lipinski definition) is 2. The Bertz CT molecular complexity index is 2570. The number of hydrogen-bond acceptors (Lipinski definition) is 15. The normalized spacial score (nSPS) is 31.3. The highest BCUT2D eigenvalue weighted by atomic mass is 32.2. The SMILES string of the molecule is COc1ccc2oc3c(c2c1)CCN[C@]31CS[C@@H]2c3c(OC(C)=O)c(C)c4c(c3[C@H](COC1=O)N1C2[C@H]2c3c(cc(C)c(OC)c3O)[C@@]3(C)C[C@H]([C@@H]1C#N)N23)OCO4. The van der Waals surface area contributed by atoms with Crippen molar-refractivity contribution < 1.29 is 47.5 Å². The molecule has 2 N–H and O–H groups in total. The van der Waals surface area contributed by atoms with Crippen LogP contribution in [0.2, 0.25) is 0 Å². The van der Waals surface area contributed by atoms with Crippen LogP contribution in [0.4, 0.5) is 0 Å². The Morgan fingerprint density at radius 2 is 1.90 bits per heavy atom. The quantitative estimate of drug-likeness (QED) is 0.198.